The molecule has 4 atom stereocenters. The van der Waals surface area contributed by atoms with Crippen LogP contribution in [0.3, 0.4) is 0 Å². The van der Waals surface area contributed by atoms with Crippen LogP contribution < -0.4 is 16.0 Å². The van der Waals surface area contributed by atoms with Crippen LogP contribution in [0.4, 0.5) is 0 Å². The van der Waals surface area contributed by atoms with Gasteiger partial charge in [0.05, 0.1) is 30.8 Å². The predicted octanol–water partition coefficient (Wildman–Crippen LogP) is 2.80. The Bertz CT molecular complexity index is 4270. The minimum atomic E-state index is -1.27. The topological polar surface area (TPSA) is 409 Å². The maximum Gasteiger partial charge on any atom is 0.346 e. The Labute approximate surface area is 637 Å². The molecule has 4 saturated heterocycles. The zero-order chi connectivity index (χ0) is 79.0. The SMILES string of the molecule is CCNC(=O)c1nnc(-c2cc(C(C)C)c(O)cc2O)n1-c1ccc(CN2CCN(C(=O)CC[C@H](NC(=O)CC[C@H](C(=O)O)N3CCN(CC)CC(=O)ON4OC(=O)CN(C)CCN(CC3)CC(=O)O4)C(=O)N3CCN(Cc4ccc(-n5c(C(=O)NCC)nnc5-c5cc(C(C)C)c(O)cc5O)cc4)CC3)CC2)cc1. The van der Waals surface area contributed by atoms with Crippen molar-refractivity contribution in [2.75, 3.05) is 138 Å². The van der Waals surface area contributed by atoms with E-state index in [0.717, 1.165) is 11.1 Å². The molecule has 2 unspecified atom stereocenters. The number of carboxylic acid groups (broad SMARTS) is 1. The van der Waals surface area contributed by atoms with E-state index in [1.165, 1.54) is 12.1 Å². The molecule has 0 saturated carbocycles. The third kappa shape index (κ3) is 20.8. The normalized spacial score (nSPS) is 18.4. The number of rotatable bonds is 25. The van der Waals surface area contributed by atoms with Gasteiger partial charge in [-0.1, -0.05) is 58.9 Å². The zero-order valence-electron chi connectivity index (χ0n) is 63.5. The van der Waals surface area contributed by atoms with Gasteiger partial charge in [-0.2, -0.15) is 0 Å². The van der Waals surface area contributed by atoms with E-state index in [-0.39, 0.29) is 178 Å². The van der Waals surface area contributed by atoms with Crippen molar-refractivity contribution in [3.63, 3.8) is 0 Å². The summed E-state index contributed by atoms with van der Waals surface area (Å²) in [6.07, 6.45) is -0.737. The van der Waals surface area contributed by atoms with Crippen LogP contribution in [0, 0.1) is 0 Å². The number of aromatic nitrogens is 6. The third-order valence-corrected chi connectivity index (χ3v) is 20.0. The second-order valence-electron chi connectivity index (χ2n) is 28.4. The van der Waals surface area contributed by atoms with Crippen LogP contribution in [0.2, 0.25) is 0 Å². The van der Waals surface area contributed by atoms with Gasteiger partial charge >= 0.3 is 23.9 Å². The maximum atomic E-state index is 14.9. The molecule has 592 valence electrons. The van der Waals surface area contributed by atoms with E-state index in [2.05, 4.69) is 46.1 Å². The summed E-state index contributed by atoms with van der Waals surface area (Å²) in [4.78, 5) is 153. The average Bonchev–Trinajstić information content (AvgIpc) is 1.59. The Balaban J connectivity index is 0.820. The standard InChI is InChI=1S/C75H100N18O17/c1-9-76-72(103)70-81-79-68(55-38-53(47(4)5)59(94)40-61(55)96)91(70)51-16-12-49(13-17-51)42-85-28-34-89(35-29-85)64(99)23-20-57(78-63(98)22-21-58(75(106)107)88-32-26-84(11-3)45-66(101)109-93-108-65(100)44-83(8)24-25-87(27-33-88)46-67(102)110-93)74(105)90-36-30-86(31-37-90)43-50-14-18-52(19-15-50)92-69(80-82-71(92)73(104)77-10-2)56-39-54(48(6)7)60(95)41-62(56)97/h12-19,38-41,47-48,57-58,94-97H,9-11,20-37,42-46H2,1-8H3,(H,76,103)(H,77,104)(H,78,98)(H,106,107)/t57-,58+/m0/s1. The molecule has 0 radical (unpaired) electrons. The molecular formula is C75H100N18O17. The number of carboxylic acids is 1. The molecule has 110 heavy (non-hydrogen) atoms. The number of phenols is 4. The molecule has 6 heterocycles. The molecule has 0 spiro atoms. The van der Waals surface area contributed by atoms with Crippen LogP contribution in [0.1, 0.15) is 129 Å². The van der Waals surface area contributed by atoms with Crippen LogP contribution in [-0.4, -0.2) is 303 Å². The fourth-order valence-corrected chi connectivity index (χ4v) is 13.8. The average molecular weight is 1530 g/mol. The molecule has 35 heteroatoms. The number of carbonyl (C=O) groups is 9. The number of piperazine rings is 2. The molecule has 4 aromatic carbocycles. The highest BCUT2D eigenvalue weighted by Gasteiger charge is 2.36. The number of hydrogen-bond acceptors (Lipinski definition) is 27. The van der Waals surface area contributed by atoms with Gasteiger partial charge in [0.2, 0.25) is 34.8 Å². The molecule has 4 aliphatic heterocycles. The van der Waals surface area contributed by atoms with Crippen LogP contribution >= 0.6 is 0 Å². The summed E-state index contributed by atoms with van der Waals surface area (Å²) in [7, 11) is 1.65. The van der Waals surface area contributed by atoms with Crippen LogP contribution in [0.5, 0.6) is 23.0 Å². The smallest absolute Gasteiger partial charge is 0.346 e. The summed E-state index contributed by atoms with van der Waals surface area (Å²) in [6.45, 7) is 18.0. The lowest BCUT2D eigenvalue weighted by Gasteiger charge is -2.37. The number of fused-ring (bicyclic) bond motifs is 4. The van der Waals surface area contributed by atoms with Crippen molar-refractivity contribution in [2.45, 2.75) is 111 Å². The van der Waals surface area contributed by atoms with Gasteiger partial charge in [-0.3, -0.25) is 81.8 Å². The first-order valence-corrected chi connectivity index (χ1v) is 37.3. The fourth-order valence-electron chi connectivity index (χ4n) is 13.8. The second-order valence-corrected chi connectivity index (χ2v) is 28.4. The lowest BCUT2D eigenvalue weighted by atomic mass is 9.98. The molecule has 2 aromatic heterocycles. The number of amides is 5. The van der Waals surface area contributed by atoms with E-state index in [1.54, 1.807) is 78.5 Å². The van der Waals surface area contributed by atoms with Gasteiger partial charge in [0, 0.05) is 154 Å². The quantitative estimate of drug-likeness (QED) is 0.0408. The molecule has 4 fully saturated rings. The van der Waals surface area contributed by atoms with Crippen molar-refractivity contribution in [3.8, 4) is 57.1 Å². The highest BCUT2D eigenvalue weighted by molar-refractivity contribution is 5.93. The van der Waals surface area contributed by atoms with Gasteiger partial charge in [-0.25, -0.2) is 14.4 Å². The Morgan fingerprint density at radius 1 is 0.509 bits per heavy atom. The predicted molar refractivity (Wildman–Crippen MR) is 398 cm³/mol. The molecular weight excluding hydrogens is 1420 g/mol. The summed E-state index contributed by atoms with van der Waals surface area (Å²) in [5.41, 5.74) is 4.59. The lowest BCUT2D eigenvalue weighted by Crippen LogP contribution is -2.55. The van der Waals surface area contributed by atoms with E-state index >= 15 is 0 Å². The largest absolute Gasteiger partial charge is 0.508 e. The molecule has 2 bridgehead atoms. The summed E-state index contributed by atoms with van der Waals surface area (Å²) in [6, 6.07) is 18.2. The van der Waals surface area contributed by atoms with Gasteiger partial charge < -0.3 is 51.3 Å². The molecule has 10 rings (SSSR count). The minimum absolute atomic E-state index is 0.00277. The first-order chi connectivity index (χ1) is 52.7. The molecule has 8 N–H and O–H groups in total. The second kappa shape index (κ2) is 37.6. The lowest BCUT2D eigenvalue weighted by molar-refractivity contribution is -0.464. The van der Waals surface area contributed by atoms with Crippen LogP contribution in [-0.2, 0) is 61.2 Å². The minimum Gasteiger partial charge on any atom is -0.508 e. The number of likely N-dealkylation sites (N-methyl/N-ethyl adjacent to an activating group) is 2. The van der Waals surface area contributed by atoms with Crippen molar-refractivity contribution in [3.05, 3.63) is 107 Å². The number of phenolic OH excluding ortho intramolecular Hbond substituents is 4. The van der Waals surface area contributed by atoms with Gasteiger partial charge in [0.15, 0.2) is 11.6 Å². The molecule has 4 aliphatic rings. The Hall–Kier alpha value is -10.7. The van der Waals surface area contributed by atoms with Crippen LogP contribution in [0.25, 0.3) is 34.2 Å². The summed E-state index contributed by atoms with van der Waals surface area (Å²) in [5.74, 6) is -6.68. The number of aromatic hydroxyl groups is 4. The molecule has 5 amide bonds. The van der Waals surface area contributed by atoms with Gasteiger partial charge in [-0.15, -0.1) is 20.4 Å². The third-order valence-electron chi connectivity index (χ3n) is 20.0. The number of nitrogens with zero attached hydrogens (tertiary/aromatic N) is 15. The van der Waals surface area contributed by atoms with Crippen molar-refractivity contribution in [1.82, 2.24) is 90.1 Å². The van der Waals surface area contributed by atoms with Gasteiger partial charge in [-0.05, 0) is 111 Å². The van der Waals surface area contributed by atoms with Crippen LogP contribution in [0.15, 0.2) is 72.8 Å². The summed E-state index contributed by atoms with van der Waals surface area (Å²) >= 11 is 0. The van der Waals surface area contributed by atoms with Crippen molar-refractivity contribution in [1.29, 1.82) is 0 Å². The first-order valence-electron chi connectivity index (χ1n) is 37.3. The van der Waals surface area contributed by atoms with E-state index in [1.807, 2.05) is 76.2 Å². The van der Waals surface area contributed by atoms with E-state index in [4.69, 9.17) is 14.5 Å². The zero-order valence-corrected chi connectivity index (χ0v) is 63.5. The highest BCUT2D eigenvalue weighted by atomic mass is 17.2. The molecule has 35 nitrogen and oxygen atoms in total. The first kappa shape index (κ1) is 81.8. The number of nitrogens with one attached hydrogen (secondary N) is 3. The number of benzene rings is 4. The van der Waals surface area contributed by atoms with Crippen molar-refractivity contribution >= 4 is 53.4 Å². The van der Waals surface area contributed by atoms with Gasteiger partial charge in [0.25, 0.3) is 11.8 Å². The molecule has 6 aromatic rings. The fraction of sp³-hybridized carbons (Fsp3) is 0.507. The summed E-state index contributed by atoms with van der Waals surface area (Å²) in [5, 5.41) is 80.0. The van der Waals surface area contributed by atoms with Crippen molar-refractivity contribution in [2.24, 2.45) is 0 Å². The van der Waals surface area contributed by atoms with E-state index in [9.17, 15) is 68.7 Å². The van der Waals surface area contributed by atoms with Gasteiger partial charge in [0.1, 0.15) is 35.1 Å². The Morgan fingerprint density at radius 3 is 1.44 bits per heavy atom. The maximum absolute atomic E-state index is 14.9. The number of hydrogen-bond donors (Lipinski definition) is 8. The summed E-state index contributed by atoms with van der Waals surface area (Å²) < 4.78 is 3.11. The Morgan fingerprint density at radius 2 is 0.964 bits per heavy atom. The van der Waals surface area contributed by atoms with E-state index < -0.39 is 59.6 Å². The number of aliphatic carboxylic acids is 1. The van der Waals surface area contributed by atoms with E-state index in [0.29, 0.717) is 94.5 Å². The molecule has 0 aliphatic carbocycles. The monoisotopic (exact) mass is 1520 g/mol. The highest BCUT2D eigenvalue weighted by Crippen LogP contribution is 2.40. The number of carbonyl (C=O) groups excluding carboxylic acids is 8. The Kier molecular flexibility index (Phi) is 28.0. The van der Waals surface area contributed by atoms with Crippen molar-refractivity contribution < 1.29 is 83.2 Å².